The second-order valence-electron chi connectivity index (χ2n) is 1.44. The average Bonchev–Trinajstić information content (AvgIpc) is 1.93. The third kappa shape index (κ3) is 18.0. The van der Waals surface area contributed by atoms with E-state index in [0.717, 1.165) is 0 Å². The van der Waals surface area contributed by atoms with Crippen LogP contribution in [-0.2, 0) is 32.7 Å². The zero-order valence-electron chi connectivity index (χ0n) is 7.12. The molecule has 0 amide bonds. The zero-order valence-corrected chi connectivity index (χ0v) is 11.1. The Hall–Kier alpha value is 0.714. The third-order valence-corrected chi connectivity index (χ3v) is 0.667. The van der Waals surface area contributed by atoms with E-state index in [1.54, 1.807) is 0 Å². The van der Waals surface area contributed by atoms with E-state index in [1.165, 1.54) is 0 Å². The van der Waals surface area contributed by atoms with E-state index in [4.69, 9.17) is 0 Å². The molecule has 0 aliphatic carbocycles. The number of hydrogen-bond donors (Lipinski definition) is 1. The first-order chi connectivity index (χ1) is 4.41. The number of benzene rings is 1. The fraction of sp³-hybridized carbons (Fsp3) is 0.125. The van der Waals surface area contributed by atoms with Crippen LogP contribution in [0.15, 0.2) is 36.4 Å². The molecule has 0 bridgehead atoms. The van der Waals surface area contributed by atoms with Crippen LogP contribution in [0.5, 0.6) is 0 Å². The standard InChI is InChI=1S/C6H6.CH6NP.CH3.Y/c1-2-4-6-5-3-1;1-2-3;;/h1-6H;2H,3H2,1H3;1H3;/q;;-1;. The monoisotopic (exact) mass is 245 g/mol. The summed E-state index contributed by atoms with van der Waals surface area (Å²) in [5, 5.41) is 2.67. The minimum absolute atomic E-state index is 0. The topological polar surface area (TPSA) is 12.0 Å². The predicted molar refractivity (Wildman–Crippen MR) is 51.6 cm³/mol. The molecule has 1 aromatic carbocycles. The van der Waals surface area contributed by atoms with Crippen LogP contribution in [0.3, 0.4) is 0 Å². The Morgan fingerprint density at radius 3 is 1.09 bits per heavy atom. The molecule has 0 heterocycles. The van der Waals surface area contributed by atoms with Crippen molar-refractivity contribution in [3.05, 3.63) is 43.8 Å². The first kappa shape index (κ1) is 17.7. The van der Waals surface area contributed by atoms with E-state index >= 15 is 0 Å². The van der Waals surface area contributed by atoms with Gasteiger partial charge in [-0.15, -0.1) is 0 Å². The van der Waals surface area contributed by atoms with Gasteiger partial charge in [0.25, 0.3) is 0 Å². The zero-order chi connectivity index (χ0) is 6.95. The first-order valence-electron chi connectivity index (χ1n) is 2.79. The molecular weight excluding hydrogens is 230 g/mol. The van der Waals surface area contributed by atoms with Crippen LogP contribution in [0.1, 0.15) is 0 Å². The van der Waals surface area contributed by atoms with Crippen LogP contribution in [0, 0.1) is 7.43 Å². The van der Waals surface area contributed by atoms with Crippen LogP contribution >= 0.6 is 9.39 Å². The minimum atomic E-state index is 0. The molecule has 0 aliphatic rings. The van der Waals surface area contributed by atoms with Gasteiger partial charge in [0, 0.05) is 32.7 Å². The first-order valence-corrected chi connectivity index (χ1v) is 3.37. The van der Waals surface area contributed by atoms with Crippen molar-refractivity contribution < 1.29 is 32.7 Å². The Kier molecular flexibility index (Phi) is 27.4. The molecule has 0 saturated carbocycles. The molecule has 1 radical (unpaired) electrons. The predicted octanol–water partition coefficient (Wildman–Crippen LogP) is 2.13. The summed E-state index contributed by atoms with van der Waals surface area (Å²) in [7, 11) is 4.17. The molecular formula is C8H15NPY-. The van der Waals surface area contributed by atoms with E-state index < -0.39 is 0 Å². The molecule has 11 heavy (non-hydrogen) atoms. The summed E-state index contributed by atoms with van der Waals surface area (Å²) in [4.78, 5) is 0. The van der Waals surface area contributed by atoms with Crippen molar-refractivity contribution in [2.75, 3.05) is 7.05 Å². The summed E-state index contributed by atoms with van der Waals surface area (Å²) >= 11 is 0. The molecule has 1 atom stereocenters. The quantitative estimate of drug-likeness (QED) is 0.545. The van der Waals surface area contributed by atoms with Gasteiger partial charge in [0.1, 0.15) is 0 Å². The van der Waals surface area contributed by atoms with E-state index in [2.05, 4.69) is 14.5 Å². The Labute approximate surface area is 97.5 Å². The van der Waals surface area contributed by atoms with E-state index in [0.29, 0.717) is 0 Å². The molecule has 0 aromatic heterocycles. The van der Waals surface area contributed by atoms with Crippen molar-refractivity contribution in [2.24, 2.45) is 0 Å². The smallest absolute Gasteiger partial charge is 0 e. The number of rotatable bonds is 0. The summed E-state index contributed by atoms with van der Waals surface area (Å²) in [5.74, 6) is 0. The van der Waals surface area contributed by atoms with Crippen LogP contribution in [0.2, 0.25) is 0 Å². The van der Waals surface area contributed by atoms with Crippen molar-refractivity contribution in [1.82, 2.24) is 5.09 Å². The molecule has 3 heteroatoms. The maximum Gasteiger partial charge on any atom is 0 e. The van der Waals surface area contributed by atoms with Crippen molar-refractivity contribution in [1.29, 1.82) is 0 Å². The van der Waals surface area contributed by atoms with Gasteiger partial charge < -0.3 is 12.5 Å². The molecule has 0 saturated heterocycles. The Balaban J connectivity index is -0.000000116. The molecule has 0 aliphatic heterocycles. The van der Waals surface area contributed by atoms with E-state index in [1.807, 2.05) is 43.4 Å². The van der Waals surface area contributed by atoms with Gasteiger partial charge in [0.2, 0.25) is 0 Å². The maximum absolute atomic E-state index is 2.67. The largest absolute Gasteiger partial charge is 0.358 e. The summed E-state index contributed by atoms with van der Waals surface area (Å²) < 4.78 is 0. The van der Waals surface area contributed by atoms with Crippen LogP contribution in [0.25, 0.3) is 0 Å². The minimum Gasteiger partial charge on any atom is -0.358 e. The van der Waals surface area contributed by atoms with Gasteiger partial charge in [-0.1, -0.05) is 45.8 Å². The number of hydrogen-bond acceptors (Lipinski definition) is 1. The maximum atomic E-state index is 2.67. The summed E-state index contributed by atoms with van der Waals surface area (Å²) in [6, 6.07) is 12.0. The van der Waals surface area contributed by atoms with Gasteiger partial charge in [0.15, 0.2) is 0 Å². The normalized spacial score (nSPS) is 6.00. The second-order valence-corrected chi connectivity index (χ2v) is 2.02. The molecule has 1 N–H and O–H groups in total. The molecule has 1 unspecified atom stereocenters. The van der Waals surface area contributed by atoms with Crippen LogP contribution < -0.4 is 5.09 Å². The molecule has 1 aromatic rings. The van der Waals surface area contributed by atoms with Gasteiger partial charge in [-0.05, 0) is 7.05 Å². The van der Waals surface area contributed by atoms with Crippen molar-refractivity contribution in [2.45, 2.75) is 0 Å². The SMILES string of the molecule is CNP.[CH3-].[Y].c1ccccc1. The van der Waals surface area contributed by atoms with Gasteiger partial charge >= 0.3 is 0 Å². The Morgan fingerprint density at radius 1 is 0.909 bits per heavy atom. The summed E-state index contributed by atoms with van der Waals surface area (Å²) in [6.07, 6.45) is 0. The molecule has 1 nitrogen and oxygen atoms in total. The summed E-state index contributed by atoms with van der Waals surface area (Å²) in [6.45, 7) is 0. The molecule has 0 fully saturated rings. The van der Waals surface area contributed by atoms with Crippen molar-refractivity contribution in [3.63, 3.8) is 0 Å². The molecule has 1 rings (SSSR count). The van der Waals surface area contributed by atoms with E-state index in [9.17, 15) is 0 Å². The average molecular weight is 245 g/mol. The fourth-order valence-corrected chi connectivity index (χ4v) is 0.385. The van der Waals surface area contributed by atoms with Gasteiger partial charge in [-0.3, -0.25) is 0 Å². The van der Waals surface area contributed by atoms with Gasteiger partial charge in [0.05, 0.1) is 0 Å². The summed E-state index contributed by atoms with van der Waals surface area (Å²) in [5.41, 5.74) is 0. The molecule has 0 spiro atoms. The van der Waals surface area contributed by atoms with Gasteiger partial charge in [-0.2, -0.15) is 0 Å². The second kappa shape index (κ2) is 17.0. The Bertz CT molecular complexity index is 96.9. The van der Waals surface area contributed by atoms with Crippen LogP contribution in [-0.4, -0.2) is 7.05 Å². The van der Waals surface area contributed by atoms with E-state index in [-0.39, 0.29) is 40.1 Å². The Morgan fingerprint density at radius 2 is 1.00 bits per heavy atom. The van der Waals surface area contributed by atoms with Crippen LogP contribution in [0.4, 0.5) is 0 Å². The third-order valence-electron chi connectivity index (χ3n) is 0.667. The van der Waals surface area contributed by atoms with Crippen molar-refractivity contribution in [3.8, 4) is 0 Å². The van der Waals surface area contributed by atoms with Gasteiger partial charge in [-0.25, -0.2) is 0 Å². The fourth-order valence-electron chi connectivity index (χ4n) is 0.385. The number of nitrogens with one attached hydrogen (secondary N) is 1. The van der Waals surface area contributed by atoms with Crippen molar-refractivity contribution >= 4 is 9.39 Å². The molecule has 61 valence electrons.